The van der Waals surface area contributed by atoms with Gasteiger partial charge >= 0.3 is 0 Å². The summed E-state index contributed by atoms with van der Waals surface area (Å²) in [6, 6.07) is 17.6. The Bertz CT molecular complexity index is 969. The molecule has 0 aliphatic carbocycles. The molecule has 3 aromatic rings. The number of rotatable bonds is 4. The highest BCUT2D eigenvalue weighted by Gasteiger charge is 2.25. The lowest BCUT2D eigenvalue weighted by atomic mass is 10.0. The van der Waals surface area contributed by atoms with Gasteiger partial charge in [0, 0.05) is 22.0 Å². The maximum absolute atomic E-state index is 13.1. The van der Waals surface area contributed by atoms with Crippen molar-refractivity contribution in [2.24, 2.45) is 0 Å². The van der Waals surface area contributed by atoms with E-state index in [1.807, 2.05) is 61.5 Å². The van der Waals surface area contributed by atoms with Crippen LogP contribution in [-0.2, 0) is 4.74 Å². The summed E-state index contributed by atoms with van der Waals surface area (Å²) in [6.45, 7) is 2.78. The molecule has 2 heterocycles. The summed E-state index contributed by atoms with van der Waals surface area (Å²) < 4.78 is 6.64. The lowest BCUT2D eigenvalue weighted by Crippen LogP contribution is -2.40. The molecule has 1 saturated heterocycles. The van der Waals surface area contributed by atoms with Gasteiger partial charge in [-0.1, -0.05) is 46.3 Å². The highest BCUT2D eigenvalue weighted by atomic mass is 79.9. The van der Waals surface area contributed by atoms with Crippen LogP contribution in [0.25, 0.3) is 22.2 Å². The molecule has 0 spiro atoms. The molecule has 138 valence electrons. The molecule has 1 amide bonds. The molecule has 27 heavy (non-hydrogen) atoms. The third-order valence-electron chi connectivity index (χ3n) is 4.97. The smallest absolute Gasteiger partial charge is 0.252 e. The van der Waals surface area contributed by atoms with Gasteiger partial charge in [-0.3, -0.25) is 4.79 Å². The van der Waals surface area contributed by atoms with E-state index in [1.165, 1.54) is 0 Å². The molecule has 2 aromatic carbocycles. The molecule has 0 radical (unpaired) electrons. The van der Waals surface area contributed by atoms with Crippen LogP contribution < -0.4 is 5.32 Å². The lowest BCUT2D eigenvalue weighted by molar-refractivity contribution is 0.0713. The minimum absolute atomic E-state index is 0.0319. The first-order valence-corrected chi connectivity index (χ1v) is 9.99. The van der Waals surface area contributed by atoms with Gasteiger partial charge in [0.2, 0.25) is 0 Å². The zero-order valence-electron chi connectivity index (χ0n) is 15.1. The van der Waals surface area contributed by atoms with Gasteiger partial charge in [0.1, 0.15) is 0 Å². The standard InChI is InChI=1S/C22H21BrN2O2/c1-14(21-8-5-11-27-21)24-22(26)18-13-20(15-6-3-2-4-7-15)25-19-10-9-16(23)12-17(18)19/h2-4,6-7,9-10,12-14,21H,5,8,11H2,1H3,(H,24,26)/t14-,21+/m1/s1. The maximum Gasteiger partial charge on any atom is 0.252 e. The molecule has 4 rings (SSSR count). The molecule has 0 bridgehead atoms. The number of aromatic nitrogens is 1. The largest absolute Gasteiger partial charge is 0.376 e. The monoisotopic (exact) mass is 424 g/mol. The first kappa shape index (κ1) is 18.1. The quantitative estimate of drug-likeness (QED) is 0.643. The SMILES string of the molecule is C[C@@H](NC(=O)c1cc(-c2ccccc2)nc2ccc(Br)cc12)[C@@H]1CCCO1. The van der Waals surface area contributed by atoms with E-state index < -0.39 is 0 Å². The molecule has 2 atom stereocenters. The van der Waals surface area contributed by atoms with E-state index in [1.54, 1.807) is 0 Å². The summed E-state index contributed by atoms with van der Waals surface area (Å²) in [6.07, 6.45) is 2.12. The van der Waals surface area contributed by atoms with E-state index in [0.29, 0.717) is 5.56 Å². The Kier molecular flexibility index (Phi) is 5.23. The minimum atomic E-state index is -0.0966. The molecule has 1 fully saturated rings. The van der Waals surface area contributed by atoms with Crippen molar-refractivity contribution in [1.82, 2.24) is 10.3 Å². The normalized spacial score (nSPS) is 17.8. The van der Waals surface area contributed by atoms with E-state index in [4.69, 9.17) is 9.72 Å². The molecule has 1 aliphatic heterocycles. The number of nitrogens with zero attached hydrogens (tertiary/aromatic N) is 1. The van der Waals surface area contributed by atoms with Crippen LogP contribution in [0.1, 0.15) is 30.1 Å². The summed E-state index contributed by atoms with van der Waals surface area (Å²) in [5, 5.41) is 3.96. The number of carbonyl (C=O) groups is 1. The number of hydrogen-bond donors (Lipinski definition) is 1. The summed E-state index contributed by atoms with van der Waals surface area (Å²) in [5.74, 6) is -0.0966. The van der Waals surface area contributed by atoms with Crippen LogP contribution in [0.3, 0.4) is 0 Å². The van der Waals surface area contributed by atoms with E-state index >= 15 is 0 Å². The summed E-state index contributed by atoms with van der Waals surface area (Å²) >= 11 is 3.50. The van der Waals surface area contributed by atoms with Crippen LogP contribution in [0.5, 0.6) is 0 Å². The van der Waals surface area contributed by atoms with Gasteiger partial charge in [-0.2, -0.15) is 0 Å². The highest BCUT2D eigenvalue weighted by Crippen LogP contribution is 2.27. The number of benzene rings is 2. The number of halogens is 1. The Hall–Kier alpha value is -2.24. The highest BCUT2D eigenvalue weighted by molar-refractivity contribution is 9.10. The second-order valence-corrected chi connectivity index (χ2v) is 7.81. The van der Waals surface area contributed by atoms with Crippen LogP contribution in [0, 0.1) is 0 Å². The fourth-order valence-electron chi connectivity index (χ4n) is 3.52. The number of fused-ring (bicyclic) bond motifs is 1. The fraction of sp³-hybridized carbons (Fsp3) is 0.273. The van der Waals surface area contributed by atoms with Crippen molar-refractivity contribution in [3.63, 3.8) is 0 Å². The summed E-state index contributed by atoms with van der Waals surface area (Å²) in [5.41, 5.74) is 3.21. The number of ether oxygens (including phenoxy) is 1. The fourth-order valence-corrected chi connectivity index (χ4v) is 3.88. The van der Waals surface area contributed by atoms with Crippen LogP contribution >= 0.6 is 15.9 Å². The molecule has 0 unspecified atom stereocenters. The van der Waals surface area contributed by atoms with E-state index in [9.17, 15) is 4.79 Å². The van der Waals surface area contributed by atoms with Crippen LogP contribution in [0.15, 0.2) is 59.1 Å². The van der Waals surface area contributed by atoms with Crippen molar-refractivity contribution in [2.75, 3.05) is 6.61 Å². The lowest BCUT2D eigenvalue weighted by Gasteiger charge is -2.20. The summed E-state index contributed by atoms with van der Waals surface area (Å²) in [7, 11) is 0. The molecular weight excluding hydrogens is 404 g/mol. The van der Waals surface area contributed by atoms with Gasteiger partial charge in [0.05, 0.1) is 28.9 Å². The number of nitrogens with one attached hydrogen (secondary N) is 1. The number of pyridine rings is 1. The molecule has 1 aliphatic rings. The number of carbonyl (C=O) groups excluding carboxylic acids is 1. The third-order valence-corrected chi connectivity index (χ3v) is 5.46. The van der Waals surface area contributed by atoms with Gasteiger partial charge in [-0.25, -0.2) is 4.98 Å². The first-order chi connectivity index (χ1) is 13.1. The predicted molar refractivity (Wildman–Crippen MR) is 111 cm³/mol. The van der Waals surface area contributed by atoms with E-state index in [-0.39, 0.29) is 18.1 Å². The van der Waals surface area contributed by atoms with Crippen molar-refractivity contribution in [3.8, 4) is 11.3 Å². The molecule has 0 saturated carbocycles. The Balaban J connectivity index is 1.75. The predicted octanol–water partition coefficient (Wildman–Crippen LogP) is 4.96. The molecule has 4 nitrogen and oxygen atoms in total. The molecule has 5 heteroatoms. The Morgan fingerprint density at radius 3 is 2.78 bits per heavy atom. The number of amides is 1. The maximum atomic E-state index is 13.1. The third kappa shape index (κ3) is 3.89. The average Bonchev–Trinajstić information content (AvgIpc) is 3.23. The topological polar surface area (TPSA) is 51.2 Å². The van der Waals surface area contributed by atoms with E-state index in [2.05, 4.69) is 21.2 Å². The van der Waals surface area contributed by atoms with Crippen LogP contribution in [0.4, 0.5) is 0 Å². The molecular formula is C22H21BrN2O2. The summed E-state index contributed by atoms with van der Waals surface area (Å²) in [4.78, 5) is 17.9. The average molecular weight is 425 g/mol. The van der Waals surface area contributed by atoms with Crippen molar-refractivity contribution < 1.29 is 9.53 Å². The van der Waals surface area contributed by atoms with Gasteiger partial charge in [-0.05, 0) is 44.0 Å². The Labute approximate surface area is 167 Å². The Morgan fingerprint density at radius 2 is 2.04 bits per heavy atom. The van der Waals surface area contributed by atoms with Gasteiger partial charge < -0.3 is 10.1 Å². The van der Waals surface area contributed by atoms with E-state index in [0.717, 1.165) is 46.1 Å². The minimum Gasteiger partial charge on any atom is -0.376 e. The van der Waals surface area contributed by atoms with Gasteiger partial charge in [0.25, 0.3) is 5.91 Å². The van der Waals surface area contributed by atoms with Gasteiger partial charge in [0.15, 0.2) is 0 Å². The van der Waals surface area contributed by atoms with Crippen molar-refractivity contribution in [1.29, 1.82) is 0 Å². The zero-order valence-corrected chi connectivity index (χ0v) is 16.7. The zero-order chi connectivity index (χ0) is 18.8. The second kappa shape index (κ2) is 7.79. The Morgan fingerprint density at radius 1 is 1.22 bits per heavy atom. The van der Waals surface area contributed by atoms with Crippen molar-refractivity contribution >= 4 is 32.7 Å². The van der Waals surface area contributed by atoms with Gasteiger partial charge in [-0.15, -0.1) is 0 Å². The van der Waals surface area contributed by atoms with Crippen molar-refractivity contribution in [3.05, 3.63) is 64.6 Å². The van der Waals surface area contributed by atoms with Crippen LogP contribution in [-0.4, -0.2) is 29.6 Å². The first-order valence-electron chi connectivity index (χ1n) is 9.20. The van der Waals surface area contributed by atoms with Crippen LogP contribution in [0.2, 0.25) is 0 Å². The number of hydrogen-bond acceptors (Lipinski definition) is 3. The second-order valence-electron chi connectivity index (χ2n) is 6.90. The van der Waals surface area contributed by atoms with Crippen molar-refractivity contribution in [2.45, 2.75) is 31.9 Å². The molecule has 1 N–H and O–H groups in total. The molecule has 1 aromatic heterocycles.